The van der Waals surface area contributed by atoms with E-state index in [9.17, 15) is 153 Å². The van der Waals surface area contributed by atoms with Crippen molar-refractivity contribution in [3.8, 4) is 0 Å². The third-order valence-electron chi connectivity index (χ3n) is 25.4. The summed E-state index contributed by atoms with van der Waals surface area (Å²) < 4.78 is 97.0. The zero-order chi connectivity index (χ0) is 114. The molecule has 32 N–H and O–H groups in total. The summed E-state index contributed by atoms with van der Waals surface area (Å²) in [5, 5.41) is 304. The molecule has 9 aliphatic rings. The number of ether oxygens (including phenoxy) is 18. The normalized spacial score (nSPS) is 40.0. The van der Waals surface area contributed by atoms with E-state index < -0.39 is 316 Å². The van der Waals surface area contributed by atoms with Gasteiger partial charge in [-0.3, -0.25) is 4.79 Å². The third kappa shape index (κ3) is 47.4. The molecule has 0 aliphatic carbocycles. The highest BCUT2D eigenvalue weighted by Crippen LogP contribution is 2.37. The monoisotopic (exact) mass is 2180 g/mol. The minimum Gasteiger partial charge on any atom is -0.394 e. The van der Waals surface area contributed by atoms with Gasteiger partial charge in [0.25, 0.3) is 0 Å². The second-order valence-electron chi connectivity index (χ2n) is 47.5. The second-order valence-corrected chi connectivity index (χ2v) is 47.5. The summed E-state index contributed by atoms with van der Waals surface area (Å²) in [6.45, 7) is 46.8. The molecule has 9 rings (SSSR count). The molecule has 0 unspecified atom stereocenters. The van der Waals surface area contributed by atoms with Crippen molar-refractivity contribution in [3.05, 3.63) is 0 Å². The SMILES string of the molecule is CC(=O)N[C@H]1[C@@H](OCCC(C)(C)C)O[C@H](CO)[C@@H](O)[C@@H]1O.CC(C)(C)CCO[C@H]1O[C@H](CO)[C@@H](O)[C@H](O)[C@@H]1O.CC(C)(C)CCO[C@H]1O[C@H](CO)[C@@H](O)[C@H](O)[C@H]1O.CC(C)(C)CCO[C@H]1O[C@H](CO)[C@@H](O)[C@H](O[C@H]2O[C@H](CO)[C@@H](O)[C@H](O)[C@@H]2O)[C@@H]1O.CC(C)(C)CCO[C@H]1O[C@H](CO[C@H]2O[C@H](CO)[C@@H](O)[C@H](O)[C@@H]2O)[C@@H](O)[C@H](O)[C@@H]1O.C[C@@H]1O[C@@H](OCCC(C)(C)C)[C@@H](O)[C@H](O)[C@@H]1O.C[C@@H]1O[C@H](OCCC(C)(C)C)[C@@H](O)[C@H](O)[C@@H]1O. The second kappa shape index (κ2) is 64.2. The Labute approximate surface area is 873 Å². The summed E-state index contributed by atoms with van der Waals surface area (Å²) in [6.07, 6.45) is -49.5. The molecule has 0 aromatic heterocycles. The molecule has 149 heavy (non-hydrogen) atoms. The molecular formula is C98H191NO50. The van der Waals surface area contributed by atoms with Crippen LogP contribution in [-0.4, -0.2) is 533 Å². The smallest absolute Gasteiger partial charge is 0.217 e. The highest BCUT2D eigenvalue weighted by Gasteiger charge is 2.55. The number of aliphatic hydroxyl groups is 31. The Morgan fingerprint density at radius 2 is 0.396 bits per heavy atom. The molecule has 0 aromatic carbocycles. The lowest BCUT2D eigenvalue weighted by Crippen LogP contribution is -2.64. The van der Waals surface area contributed by atoms with Gasteiger partial charge in [-0.1, -0.05) is 145 Å². The van der Waals surface area contributed by atoms with Crippen molar-refractivity contribution >= 4 is 5.91 Å². The molecule has 0 aromatic rings. The topological polar surface area (TPSA) is 822 Å². The number of hydrogen-bond donors (Lipinski definition) is 32. The zero-order valence-electron chi connectivity index (χ0n) is 91.0. The molecule has 9 saturated heterocycles. The number of carbonyl (C=O) groups is 1. The Balaban J connectivity index is 0.000000452. The average molecular weight is 2180 g/mol. The van der Waals surface area contributed by atoms with E-state index in [1.807, 2.05) is 41.5 Å². The van der Waals surface area contributed by atoms with Gasteiger partial charge in [-0.2, -0.15) is 0 Å². The van der Waals surface area contributed by atoms with Crippen LogP contribution in [0.2, 0.25) is 0 Å². The lowest BCUT2D eigenvalue weighted by molar-refractivity contribution is -0.360. The van der Waals surface area contributed by atoms with E-state index in [0.29, 0.717) is 45.9 Å². The molecule has 9 fully saturated rings. The number of aliphatic hydroxyl groups excluding tert-OH is 31. The summed E-state index contributed by atoms with van der Waals surface area (Å²) >= 11 is 0. The number of nitrogens with one attached hydrogen (secondary N) is 1. The van der Waals surface area contributed by atoms with Gasteiger partial charge in [-0.05, 0) is 96.7 Å². The summed E-state index contributed by atoms with van der Waals surface area (Å²) in [6, 6.07) is -0.875. The fraction of sp³-hybridized carbons (Fsp3) is 0.990. The van der Waals surface area contributed by atoms with Gasteiger partial charge >= 0.3 is 0 Å². The summed E-state index contributed by atoms with van der Waals surface area (Å²) in [5.41, 5.74) is 0.507. The van der Waals surface area contributed by atoms with Crippen molar-refractivity contribution in [1.29, 1.82) is 0 Å². The first-order valence-electron chi connectivity index (χ1n) is 51.0. The molecule has 51 heteroatoms. The summed E-state index contributed by atoms with van der Waals surface area (Å²) in [5.74, 6) is -0.360. The predicted octanol–water partition coefficient (Wildman–Crippen LogP) is -7.48. The Morgan fingerprint density at radius 3 is 0.638 bits per heavy atom. The molecule has 51 nitrogen and oxygen atoms in total. The third-order valence-corrected chi connectivity index (χ3v) is 25.4. The van der Waals surface area contributed by atoms with Crippen LogP contribution < -0.4 is 5.32 Å². The quantitative estimate of drug-likeness (QED) is 0.0290. The standard InChI is InChI=1S/2C18H34O11.C14H27NO6.2C12H24O6.2C12H24O5/c1-18(2,3)4-5-26-16-14(25)15(11(22)9(7-20)27-16)29-17-13(24)12(23)10(21)8(6-19)28-17;1-18(2,3)4-5-26-16-14(24)13(23)11(21)9(29-16)7-27-17-15(25)12(22)10(20)8(6-19)28-17;1-8(17)15-10-12(19)11(18)9(7-16)21-13(10)20-6-5-14(2,3)4;2*1-12(2,3)4-5-17-11-10(16)9(15)8(14)7(6-13)18-11;2*1-7-8(13)9(14)10(15)11(17-7)16-6-5-12(2,3)4/h2*8-17,19-25H,4-7H2,1-3H3;9-13,16,18-19H,5-7H2,1-4H3,(H,15,17);2*7-11,13-16H,4-6H2,1-3H3;2*7-11,13-15H,5-6H2,1-4H3/t8-,9-,10-,11-,12+,13+,14+,15+,16+,17-;8-,9-,10-,11-,12+,13+,14+,15+,16+,17+;9-,10-,11-,12-,13+;7-,8-,9+,10+,11+;7-,8-,9+,10-,11+;7-,8+,9+,10-,11+;7-,8+,9+,10-,11-/m1111100/s1. The Hall–Kier alpha value is -2.49. The van der Waals surface area contributed by atoms with Gasteiger partial charge in [-0.15, -0.1) is 0 Å². The van der Waals surface area contributed by atoms with Gasteiger partial charge in [0, 0.05) is 6.92 Å². The van der Waals surface area contributed by atoms with E-state index >= 15 is 0 Å². The molecule has 0 radical (unpaired) electrons. The van der Waals surface area contributed by atoms with Gasteiger partial charge in [0.1, 0.15) is 207 Å². The van der Waals surface area contributed by atoms with Crippen molar-refractivity contribution in [2.45, 2.75) is 487 Å². The van der Waals surface area contributed by atoms with Gasteiger partial charge in [-0.25, -0.2) is 0 Å². The van der Waals surface area contributed by atoms with E-state index in [-0.39, 0.29) is 63.6 Å². The van der Waals surface area contributed by atoms with Crippen molar-refractivity contribution in [2.75, 3.05) is 92.5 Å². The molecule has 9 aliphatic heterocycles. The van der Waals surface area contributed by atoms with Gasteiger partial charge in [0.2, 0.25) is 5.91 Å². The van der Waals surface area contributed by atoms with Crippen LogP contribution in [0.5, 0.6) is 0 Å². The Bertz CT molecular complexity index is 3440. The van der Waals surface area contributed by atoms with Crippen LogP contribution in [-0.2, 0) is 90.1 Å². The number of amides is 1. The maximum Gasteiger partial charge on any atom is 0.217 e. The molecule has 0 spiro atoms. The van der Waals surface area contributed by atoms with E-state index in [1.54, 1.807) is 13.8 Å². The maximum atomic E-state index is 11.2. The van der Waals surface area contributed by atoms with Crippen LogP contribution in [0.3, 0.4) is 0 Å². The predicted molar refractivity (Wildman–Crippen MR) is 521 cm³/mol. The highest BCUT2D eigenvalue weighted by atomic mass is 16.8. The summed E-state index contributed by atoms with van der Waals surface area (Å²) in [4.78, 5) is 11.2. The highest BCUT2D eigenvalue weighted by molar-refractivity contribution is 5.73. The number of hydrogen-bond acceptors (Lipinski definition) is 50. The van der Waals surface area contributed by atoms with Gasteiger partial charge in [0.15, 0.2) is 56.6 Å². The minimum absolute atomic E-state index is 0.0105. The maximum absolute atomic E-state index is 11.2. The van der Waals surface area contributed by atoms with E-state index in [1.165, 1.54) is 6.92 Å². The first-order chi connectivity index (χ1) is 68.6. The van der Waals surface area contributed by atoms with Crippen LogP contribution in [0, 0.1) is 37.9 Å². The van der Waals surface area contributed by atoms with Gasteiger partial charge < -0.3 is 249 Å². The van der Waals surface area contributed by atoms with Crippen LogP contribution in [0.4, 0.5) is 0 Å². The molecular weight excluding hydrogens is 1990 g/mol. The van der Waals surface area contributed by atoms with E-state index in [2.05, 4.69) is 109 Å². The Kier molecular flexibility index (Phi) is 60.6. The lowest BCUT2D eigenvalue weighted by atomic mass is 9.93. The summed E-state index contributed by atoms with van der Waals surface area (Å²) in [7, 11) is 0. The molecule has 888 valence electrons. The fourth-order valence-corrected chi connectivity index (χ4v) is 15.0. The van der Waals surface area contributed by atoms with Crippen LogP contribution >= 0.6 is 0 Å². The van der Waals surface area contributed by atoms with Crippen molar-refractivity contribution in [3.63, 3.8) is 0 Å². The van der Waals surface area contributed by atoms with Gasteiger partial charge in [0.05, 0.1) is 105 Å². The largest absolute Gasteiger partial charge is 0.394 e. The van der Waals surface area contributed by atoms with E-state index in [4.69, 9.17) is 95.5 Å². The first kappa shape index (κ1) is 141. The lowest BCUT2D eigenvalue weighted by Gasteiger charge is -2.46. The van der Waals surface area contributed by atoms with Crippen LogP contribution in [0.1, 0.15) is 211 Å². The average Bonchev–Trinajstić information content (AvgIpc) is 0.793. The molecule has 0 bridgehead atoms. The van der Waals surface area contributed by atoms with Crippen molar-refractivity contribution in [1.82, 2.24) is 5.32 Å². The fourth-order valence-electron chi connectivity index (χ4n) is 15.0. The van der Waals surface area contributed by atoms with Crippen molar-refractivity contribution in [2.24, 2.45) is 37.9 Å². The van der Waals surface area contributed by atoms with Crippen molar-refractivity contribution < 1.29 is 248 Å². The molecule has 1 amide bonds. The zero-order valence-corrected chi connectivity index (χ0v) is 91.0. The molecule has 45 atom stereocenters. The minimum atomic E-state index is -1.71. The van der Waals surface area contributed by atoms with E-state index in [0.717, 1.165) is 32.1 Å². The van der Waals surface area contributed by atoms with Crippen LogP contribution in [0.15, 0.2) is 0 Å². The first-order valence-corrected chi connectivity index (χ1v) is 51.0. The van der Waals surface area contributed by atoms with Crippen LogP contribution in [0.25, 0.3) is 0 Å². The number of carbonyl (C=O) groups excluding carboxylic acids is 1. The Morgan fingerprint density at radius 1 is 0.215 bits per heavy atom. The molecule has 0 saturated carbocycles. The molecule has 9 heterocycles. The number of rotatable bonds is 33.